The largest absolute Gasteiger partial charge is 0.436 e. The van der Waals surface area contributed by atoms with Crippen molar-refractivity contribution in [3.8, 4) is 0 Å². The van der Waals surface area contributed by atoms with E-state index in [-0.39, 0.29) is 0 Å². The number of hydrogen-bond acceptors (Lipinski definition) is 8. The molecule has 0 unspecified atom stereocenters. The Morgan fingerprint density at radius 3 is 0.929 bits per heavy atom. The summed E-state index contributed by atoms with van der Waals surface area (Å²) in [6.45, 7) is 5.76. The molecule has 0 aliphatic heterocycles. The fraction of sp³-hybridized carbons (Fsp3) is 1.00. The smallest absolute Gasteiger partial charge is 0.401 e. The summed E-state index contributed by atoms with van der Waals surface area (Å²) in [5.41, 5.74) is 3.75. The lowest BCUT2D eigenvalue weighted by Gasteiger charge is -2.22. The average Bonchev–Trinajstić information content (AvgIpc) is 2.55. The standard InChI is InChI=1S/C6H16N2.2C4H4F6NO4S2/c1-2-3-5-8-6-4-7;2*5-3(6,7)1-16(12,13)11-17(14,15)2-4(8,9)10/h8H,2-7H2,1H3;2*1-2H2/q;2*-1/p+2. The first-order valence-corrected chi connectivity index (χ1v) is 16.9. The Hall–Kier alpha value is -1.20. The topological polar surface area (TPSA) is 209 Å². The molecule has 0 aromatic carbocycles. The molecule has 0 bridgehead atoms. The van der Waals surface area contributed by atoms with Gasteiger partial charge in [0.1, 0.15) is 36.1 Å². The first kappa shape index (κ1) is 45.2. The number of hydrogen-bond donors (Lipinski definition) is 2. The van der Waals surface area contributed by atoms with E-state index >= 15 is 0 Å². The second-order valence-corrected chi connectivity index (χ2v) is 14.6. The van der Waals surface area contributed by atoms with E-state index in [9.17, 15) is 86.4 Å². The predicted octanol–water partition coefficient (Wildman–Crippen LogP) is 0.880. The van der Waals surface area contributed by atoms with E-state index in [1.165, 1.54) is 25.9 Å². The molecule has 28 heteroatoms. The van der Waals surface area contributed by atoms with Crippen LogP contribution >= 0.6 is 0 Å². The van der Waals surface area contributed by atoms with E-state index in [2.05, 4.69) is 18.0 Å². The summed E-state index contributed by atoms with van der Waals surface area (Å²) >= 11 is 0. The Bertz CT molecular complexity index is 1030. The van der Waals surface area contributed by atoms with E-state index in [4.69, 9.17) is 0 Å². The SMILES string of the molecule is CCCC[NH2+]CC[NH3+].O=S(=O)(CC(F)(F)F)[N-]S(=O)(=O)CC(F)(F)F.O=S(=O)(CC(F)(F)F)[N-]S(=O)(=O)CC(F)(F)F. The van der Waals surface area contributed by atoms with Crippen molar-refractivity contribution in [1.29, 1.82) is 0 Å². The maximum absolute atomic E-state index is 11.6. The molecule has 0 atom stereocenters. The Morgan fingerprint density at radius 2 is 0.762 bits per heavy atom. The minimum absolute atomic E-state index is 1.06. The molecule has 0 aromatic heterocycles. The van der Waals surface area contributed by atoms with Crippen LogP contribution in [-0.2, 0) is 40.1 Å². The summed E-state index contributed by atoms with van der Waals surface area (Å²) < 4.78 is 227. The monoisotopic (exact) mass is 734 g/mol. The van der Waals surface area contributed by atoms with Crippen LogP contribution in [0, 0.1) is 0 Å². The molecule has 5 N–H and O–H groups in total. The Morgan fingerprint density at radius 1 is 0.524 bits per heavy atom. The van der Waals surface area contributed by atoms with E-state index in [1.54, 1.807) is 8.25 Å². The number of quaternary nitrogens is 2. The van der Waals surface area contributed by atoms with Gasteiger partial charge in [-0.3, -0.25) is 0 Å². The number of sulfonamides is 4. The highest BCUT2D eigenvalue weighted by Crippen LogP contribution is 2.27. The fourth-order valence-electron chi connectivity index (χ4n) is 1.92. The molecule has 0 aliphatic rings. The molecule has 12 nitrogen and oxygen atoms in total. The van der Waals surface area contributed by atoms with E-state index in [1.807, 2.05) is 0 Å². The van der Waals surface area contributed by atoms with Gasteiger partial charge in [0.05, 0.1) is 46.6 Å². The lowest BCUT2D eigenvalue weighted by molar-refractivity contribution is -0.670. The molecule has 0 radical (unpaired) electrons. The van der Waals surface area contributed by atoms with Gasteiger partial charge in [0.25, 0.3) is 0 Å². The second kappa shape index (κ2) is 17.3. The molecule has 42 heavy (non-hydrogen) atoms. The fourth-order valence-corrected chi connectivity index (χ4v) is 7.18. The van der Waals surface area contributed by atoms with Crippen molar-refractivity contribution in [1.82, 2.24) is 0 Å². The molecule has 0 aliphatic carbocycles. The molecule has 0 amide bonds. The highest BCUT2D eigenvalue weighted by Gasteiger charge is 2.37. The van der Waals surface area contributed by atoms with Crippen LogP contribution in [0.2, 0.25) is 0 Å². The van der Waals surface area contributed by atoms with Crippen LogP contribution in [-0.4, -0.2) is 101 Å². The van der Waals surface area contributed by atoms with E-state index in [0.29, 0.717) is 0 Å². The van der Waals surface area contributed by atoms with Crippen LogP contribution < -0.4 is 11.1 Å². The van der Waals surface area contributed by atoms with Crippen LogP contribution in [0.1, 0.15) is 19.8 Å². The summed E-state index contributed by atoms with van der Waals surface area (Å²) in [6.07, 6.45) is -18.5. The number of halogens is 12. The zero-order valence-electron chi connectivity index (χ0n) is 21.0. The Balaban J connectivity index is -0.000000579. The minimum Gasteiger partial charge on any atom is -0.436 e. The number of nitrogens with two attached hydrogens (primary N) is 1. The second-order valence-electron chi connectivity index (χ2n) is 7.59. The molecule has 0 spiro atoms. The summed E-state index contributed by atoms with van der Waals surface area (Å²) in [5.74, 6) is -10.6. The number of rotatable bonds is 13. The van der Waals surface area contributed by atoms with Gasteiger partial charge in [-0.2, -0.15) is 52.7 Å². The van der Waals surface area contributed by atoms with Gasteiger partial charge in [-0.25, -0.2) is 33.7 Å². The van der Waals surface area contributed by atoms with Gasteiger partial charge in [0, 0.05) is 0 Å². The van der Waals surface area contributed by atoms with E-state index in [0.717, 1.165) is 6.54 Å². The quantitative estimate of drug-likeness (QED) is 0.205. The van der Waals surface area contributed by atoms with Crippen molar-refractivity contribution in [3.63, 3.8) is 0 Å². The molecule has 0 heterocycles. The molecular formula is C14H26F12N4O8S4. The number of alkyl halides is 12. The highest BCUT2D eigenvalue weighted by atomic mass is 32.3. The molecule has 0 fully saturated rings. The first-order chi connectivity index (χ1) is 18.2. The predicted molar refractivity (Wildman–Crippen MR) is 120 cm³/mol. The number of nitrogens with zero attached hydrogens (tertiary/aromatic N) is 2. The Kier molecular flexibility index (Phi) is 18.7. The van der Waals surface area contributed by atoms with Crippen molar-refractivity contribution >= 4 is 40.1 Å². The summed E-state index contributed by atoms with van der Waals surface area (Å²) in [7, 11) is -22.2. The maximum atomic E-state index is 11.6. The highest BCUT2D eigenvalue weighted by molar-refractivity contribution is 8.12. The summed E-state index contributed by atoms with van der Waals surface area (Å²) in [4.78, 5) is 0. The van der Waals surface area contributed by atoms with Crippen LogP contribution in [0.3, 0.4) is 0 Å². The minimum atomic E-state index is -5.56. The first-order valence-electron chi connectivity index (χ1n) is 10.4. The summed E-state index contributed by atoms with van der Waals surface area (Å²) in [6, 6.07) is 0. The van der Waals surface area contributed by atoms with Gasteiger partial charge in [-0.15, -0.1) is 0 Å². The van der Waals surface area contributed by atoms with Crippen LogP contribution in [0.15, 0.2) is 0 Å². The lowest BCUT2D eigenvalue weighted by atomic mass is 10.3. The third kappa shape index (κ3) is 35.0. The third-order valence-electron chi connectivity index (χ3n) is 3.01. The molecule has 258 valence electrons. The molecule has 0 rings (SSSR count). The average molecular weight is 735 g/mol. The van der Waals surface area contributed by atoms with Gasteiger partial charge in [-0.1, -0.05) is 13.3 Å². The van der Waals surface area contributed by atoms with Gasteiger partial charge in [-0.05, 0) is 6.42 Å². The molecule has 0 saturated carbocycles. The number of unbranched alkanes of at least 4 members (excludes halogenated alkanes) is 1. The van der Waals surface area contributed by atoms with Crippen LogP contribution in [0.4, 0.5) is 52.7 Å². The van der Waals surface area contributed by atoms with Crippen molar-refractivity contribution in [2.75, 3.05) is 42.6 Å². The zero-order chi connectivity index (χ0) is 34.5. The van der Waals surface area contributed by atoms with Gasteiger partial charge in [0.15, 0.2) is 0 Å². The molecule has 0 saturated heterocycles. The van der Waals surface area contributed by atoms with Crippen molar-refractivity contribution in [2.45, 2.75) is 44.5 Å². The maximum Gasteiger partial charge on any atom is 0.401 e. The van der Waals surface area contributed by atoms with Gasteiger partial charge in [0.2, 0.25) is 0 Å². The van der Waals surface area contributed by atoms with Crippen molar-refractivity contribution in [3.05, 3.63) is 8.25 Å². The molecule has 0 aromatic rings. The normalized spacial score (nSPS) is 14.0. The summed E-state index contributed by atoms with van der Waals surface area (Å²) in [5, 5.41) is 2.33. The van der Waals surface area contributed by atoms with Crippen molar-refractivity contribution in [2.24, 2.45) is 0 Å². The zero-order valence-corrected chi connectivity index (χ0v) is 24.2. The Labute approximate surface area is 233 Å². The van der Waals surface area contributed by atoms with Crippen molar-refractivity contribution < 1.29 is 97.4 Å². The molecular weight excluding hydrogens is 708 g/mol. The van der Waals surface area contributed by atoms with E-state index < -0.39 is 87.8 Å². The van der Waals surface area contributed by atoms with Crippen LogP contribution in [0.5, 0.6) is 0 Å². The van der Waals surface area contributed by atoms with Gasteiger partial charge >= 0.3 is 24.7 Å². The third-order valence-corrected chi connectivity index (χ3v) is 9.41. The lowest BCUT2D eigenvalue weighted by Crippen LogP contribution is -2.87. The van der Waals surface area contributed by atoms with Crippen LogP contribution in [0.25, 0.3) is 8.25 Å². The van der Waals surface area contributed by atoms with Gasteiger partial charge < -0.3 is 19.3 Å².